The van der Waals surface area contributed by atoms with Gasteiger partial charge in [0, 0.05) is 7.11 Å². The van der Waals surface area contributed by atoms with Crippen molar-refractivity contribution in [2.24, 2.45) is 0 Å². The van der Waals surface area contributed by atoms with Crippen LogP contribution in [0.1, 0.15) is 13.8 Å². The van der Waals surface area contributed by atoms with Gasteiger partial charge in [-0.05, 0) is 13.8 Å². The van der Waals surface area contributed by atoms with Gasteiger partial charge >= 0.3 is 0 Å². The molecule has 0 aliphatic rings. The molecule has 0 heterocycles. The molecule has 0 aromatic carbocycles. The van der Waals surface area contributed by atoms with E-state index < -0.39 is 11.7 Å². The molecule has 0 fully saturated rings. The summed E-state index contributed by atoms with van der Waals surface area (Å²) in [6, 6.07) is 0. The van der Waals surface area contributed by atoms with Crippen LogP contribution >= 0.6 is 0 Å². The first-order valence-corrected chi connectivity index (χ1v) is 3.40. The van der Waals surface area contributed by atoms with Crippen LogP contribution in [-0.4, -0.2) is 23.9 Å². The van der Waals surface area contributed by atoms with Crippen molar-refractivity contribution in [2.45, 2.75) is 25.6 Å². The predicted octanol–water partition coefficient (Wildman–Crippen LogP) is 0.962. The summed E-state index contributed by atoms with van der Waals surface area (Å²) in [5.41, 5.74) is -0.496. The fourth-order valence-electron chi connectivity index (χ4n) is 0.358. The van der Waals surface area contributed by atoms with Crippen LogP contribution in [0.4, 0.5) is 0 Å². The molecule has 0 aliphatic carbocycles. The minimum Gasteiger partial charge on any atom is -0.377 e. The molecular weight excluding hydrogens is 140 g/mol. The fraction of sp³-hybridized carbons (Fsp3) is 0.556. The topological polar surface area (TPSA) is 29.5 Å². The normalized spacial score (nSPS) is 13.1. The maximum Gasteiger partial charge on any atom is 0.133 e. The first kappa shape index (κ1) is 10.2. The molecule has 1 unspecified atom stereocenters. The largest absolute Gasteiger partial charge is 0.377 e. The van der Waals surface area contributed by atoms with Crippen LogP contribution in [0.2, 0.25) is 0 Å². The number of aliphatic hydroxyl groups excluding tert-OH is 1. The molecule has 0 aliphatic heterocycles. The van der Waals surface area contributed by atoms with Gasteiger partial charge in [0.05, 0.1) is 0 Å². The van der Waals surface area contributed by atoms with Crippen molar-refractivity contribution >= 4 is 0 Å². The van der Waals surface area contributed by atoms with Crippen molar-refractivity contribution in [1.82, 2.24) is 0 Å². The lowest BCUT2D eigenvalue weighted by atomic mass is 10.1. The van der Waals surface area contributed by atoms with Gasteiger partial charge in [0.25, 0.3) is 0 Å². The Morgan fingerprint density at radius 1 is 1.64 bits per heavy atom. The number of ether oxygens (including phenoxy) is 1. The molecule has 2 heteroatoms. The SMILES string of the molecule is C=CC(O)C#CC(C)(C)OC. The third kappa shape index (κ3) is 4.60. The molecule has 0 bridgehead atoms. The lowest BCUT2D eigenvalue weighted by molar-refractivity contribution is 0.0738. The Hall–Kier alpha value is -0.780. The molecule has 0 spiro atoms. The Labute approximate surface area is 67.9 Å². The third-order valence-corrected chi connectivity index (χ3v) is 1.25. The number of hydrogen-bond acceptors (Lipinski definition) is 2. The maximum absolute atomic E-state index is 8.97. The van der Waals surface area contributed by atoms with Crippen LogP contribution in [0, 0.1) is 11.8 Å². The molecule has 0 rings (SSSR count). The summed E-state index contributed by atoms with van der Waals surface area (Å²) in [4.78, 5) is 0. The molecular formula is C9H14O2. The highest BCUT2D eigenvalue weighted by molar-refractivity contribution is 5.17. The highest BCUT2D eigenvalue weighted by atomic mass is 16.5. The molecule has 62 valence electrons. The molecule has 0 saturated heterocycles. The van der Waals surface area contributed by atoms with Crippen LogP contribution in [0.15, 0.2) is 12.7 Å². The van der Waals surface area contributed by atoms with Gasteiger partial charge in [0.2, 0.25) is 0 Å². The summed E-state index contributed by atoms with van der Waals surface area (Å²) in [6.45, 7) is 7.05. The predicted molar refractivity (Wildman–Crippen MR) is 45.1 cm³/mol. The molecule has 1 atom stereocenters. The molecule has 0 aromatic heterocycles. The van der Waals surface area contributed by atoms with Gasteiger partial charge in [0.1, 0.15) is 11.7 Å². The van der Waals surface area contributed by atoms with Crippen molar-refractivity contribution in [1.29, 1.82) is 0 Å². The summed E-state index contributed by atoms with van der Waals surface area (Å²) in [5, 5.41) is 8.97. The summed E-state index contributed by atoms with van der Waals surface area (Å²) in [5.74, 6) is 5.35. The van der Waals surface area contributed by atoms with Crippen molar-refractivity contribution in [2.75, 3.05) is 7.11 Å². The first-order chi connectivity index (χ1) is 5.02. The van der Waals surface area contributed by atoms with Gasteiger partial charge in [-0.25, -0.2) is 0 Å². The molecule has 11 heavy (non-hydrogen) atoms. The van der Waals surface area contributed by atoms with E-state index in [2.05, 4.69) is 18.4 Å². The van der Waals surface area contributed by atoms with E-state index in [1.165, 1.54) is 6.08 Å². The zero-order valence-corrected chi connectivity index (χ0v) is 7.22. The quantitative estimate of drug-likeness (QED) is 0.474. The second-order valence-corrected chi connectivity index (χ2v) is 2.66. The summed E-state index contributed by atoms with van der Waals surface area (Å²) in [7, 11) is 1.58. The lowest BCUT2D eigenvalue weighted by Crippen LogP contribution is -2.19. The lowest BCUT2D eigenvalue weighted by Gasteiger charge is -2.14. The van der Waals surface area contributed by atoms with Gasteiger partial charge in [-0.1, -0.05) is 24.5 Å². The molecule has 1 N–H and O–H groups in total. The Kier molecular flexibility index (Phi) is 3.88. The zero-order chi connectivity index (χ0) is 8.91. The average molecular weight is 154 g/mol. The van der Waals surface area contributed by atoms with Gasteiger partial charge in [-0.3, -0.25) is 0 Å². The van der Waals surface area contributed by atoms with E-state index in [0.29, 0.717) is 0 Å². The number of hydrogen-bond donors (Lipinski definition) is 1. The van der Waals surface area contributed by atoms with E-state index in [-0.39, 0.29) is 0 Å². The highest BCUT2D eigenvalue weighted by Gasteiger charge is 2.10. The standard InChI is InChI=1S/C9H14O2/c1-5-8(10)6-7-9(2,3)11-4/h5,8,10H,1H2,2-4H3. The van der Waals surface area contributed by atoms with Gasteiger partial charge in [-0.15, -0.1) is 0 Å². The van der Waals surface area contributed by atoms with Crippen molar-refractivity contribution in [3.63, 3.8) is 0 Å². The van der Waals surface area contributed by atoms with Crippen LogP contribution in [0.5, 0.6) is 0 Å². The second kappa shape index (κ2) is 4.17. The highest BCUT2D eigenvalue weighted by Crippen LogP contribution is 2.04. The molecule has 0 saturated carbocycles. The van der Waals surface area contributed by atoms with E-state index in [4.69, 9.17) is 9.84 Å². The zero-order valence-electron chi connectivity index (χ0n) is 7.22. The van der Waals surface area contributed by atoms with E-state index in [9.17, 15) is 0 Å². The van der Waals surface area contributed by atoms with E-state index in [1.54, 1.807) is 7.11 Å². The summed E-state index contributed by atoms with van der Waals surface area (Å²) >= 11 is 0. The van der Waals surface area contributed by atoms with Gasteiger partial charge < -0.3 is 9.84 Å². The number of rotatable bonds is 2. The molecule has 0 amide bonds. The summed E-state index contributed by atoms with van der Waals surface area (Å²) < 4.78 is 5.01. The third-order valence-electron chi connectivity index (χ3n) is 1.25. The monoisotopic (exact) mass is 154 g/mol. The fourth-order valence-corrected chi connectivity index (χ4v) is 0.358. The second-order valence-electron chi connectivity index (χ2n) is 2.66. The van der Waals surface area contributed by atoms with Crippen LogP contribution in [0.25, 0.3) is 0 Å². The smallest absolute Gasteiger partial charge is 0.133 e. The minimum atomic E-state index is -0.760. The van der Waals surface area contributed by atoms with Gasteiger partial charge in [-0.2, -0.15) is 0 Å². The van der Waals surface area contributed by atoms with Crippen molar-refractivity contribution in [3.05, 3.63) is 12.7 Å². The molecule has 2 nitrogen and oxygen atoms in total. The molecule has 0 radical (unpaired) electrons. The summed E-state index contributed by atoms with van der Waals surface area (Å²) in [6.07, 6.45) is 0.614. The average Bonchev–Trinajstić information content (AvgIpc) is 2.00. The molecule has 0 aromatic rings. The minimum absolute atomic E-state index is 0.496. The van der Waals surface area contributed by atoms with Crippen molar-refractivity contribution < 1.29 is 9.84 Å². The Morgan fingerprint density at radius 3 is 2.55 bits per heavy atom. The maximum atomic E-state index is 8.97. The Bertz CT molecular complexity index is 183. The first-order valence-electron chi connectivity index (χ1n) is 3.40. The number of aliphatic hydroxyl groups is 1. The Morgan fingerprint density at radius 2 is 2.18 bits per heavy atom. The van der Waals surface area contributed by atoms with E-state index in [1.807, 2.05) is 13.8 Å². The van der Waals surface area contributed by atoms with Gasteiger partial charge in [0.15, 0.2) is 0 Å². The van der Waals surface area contributed by atoms with Crippen LogP contribution in [0.3, 0.4) is 0 Å². The van der Waals surface area contributed by atoms with Crippen molar-refractivity contribution in [3.8, 4) is 11.8 Å². The Balaban J connectivity index is 4.15. The van der Waals surface area contributed by atoms with E-state index in [0.717, 1.165) is 0 Å². The van der Waals surface area contributed by atoms with E-state index >= 15 is 0 Å². The number of methoxy groups -OCH3 is 1. The van der Waals surface area contributed by atoms with Crippen LogP contribution < -0.4 is 0 Å². The van der Waals surface area contributed by atoms with Crippen LogP contribution in [-0.2, 0) is 4.74 Å².